The Morgan fingerprint density at radius 3 is 2.62 bits per heavy atom. The van der Waals surface area contributed by atoms with E-state index in [-0.39, 0.29) is 0 Å². The quantitative estimate of drug-likeness (QED) is 0.539. The van der Waals surface area contributed by atoms with Crippen molar-refractivity contribution in [1.29, 1.82) is 0 Å². The monoisotopic (exact) mass is 114 g/mol. The van der Waals surface area contributed by atoms with Gasteiger partial charge in [0.15, 0.2) is 0 Å². The molecule has 0 radical (unpaired) electrons. The number of likely N-dealkylation sites (tertiary alicyclic amines) is 1. The summed E-state index contributed by atoms with van der Waals surface area (Å²) < 4.78 is 0. The van der Waals surface area contributed by atoms with Crippen molar-refractivity contribution >= 4 is 0 Å². The van der Waals surface area contributed by atoms with E-state index in [2.05, 4.69) is 24.2 Å². The lowest BCUT2D eigenvalue weighted by molar-refractivity contribution is 0.164. The molecule has 0 saturated carbocycles. The third kappa shape index (κ3) is 1.20. The van der Waals surface area contributed by atoms with Crippen LogP contribution in [0.15, 0.2) is 0 Å². The van der Waals surface area contributed by atoms with E-state index in [1.165, 1.54) is 13.1 Å². The predicted molar refractivity (Wildman–Crippen MR) is 35.0 cm³/mol. The van der Waals surface area contributed by atoms with Crippen LogP contribution in [0.3, 0.4) is 0 Å². The van der Waals surface area contributed by atoms with Crippen LogP contribution >= 0.6 is 0 Å². The van der Waals surface area contributed by atoms with Gasteiger partial charge in [-0.3, -0.25) is 0 Å². The van der Waals surface area contributed by atoms with Gasteiger partial charge in [0.2, 0.25) is 0 Å². The topological polar surface area (TPSA) is 15.3 Å². The molecule has 0 aromatic carbocycles. The van der Waals surface area contributed by atoms with Crippen molar-refractivity contribution in [2.24, 2.45) is 0 Å². The van der Waals surface area contributed by atoms with Crippen LogP contribution in [0.25, 0.3) is 0 Å². The second-order valence-corrected chi connectivity index (χ2v) is 2.48. The van der Waals surface area contributed by atoms with Crippen LogP contribution in [-0.2, 0) is 0 Å². The van der Waals surface area contributed by atoms with Gasteiger partial charge in [-0.15, -0.1) is 0 Å². The fourth-order valence-corrected chi connectivity index (χ4v) is 1.12. The summed E-state index contributed by atoms with van der Waals surface area (Å²) in [5.74, 6) is 0. The zero-order valence-corrected chi connectivity index (χ0v) is 5.65. The highest BCUT2D eigenvalue weighted by Gasteiger charge is 2.20. The predicted octanol–water partition coefficient (Wildman–Crippen LogP) is -0.0901. The third-order valence-electron chi connectivity index (χ3n) is 1.56. The van der Waals surface area contributed by atoms with Gasteiger partial charge in [0.25, 0.3) is 0 Å². The second-order valence-electron chi connectivity index (χ2n) is 2.48. The van der Waals surface area contributed by atoms with Crippen molar-refractivity contribution in [3.8, 4) is 0 Å². The van der Waals surface area contributed by atoms with Crippen molar-refractivity contribution in [1.82, 2.24) is 10.2 Å². The molecule has 1 rings (SSSR count). The number of likely N-dealkylation sites (N-methyl/N-ethyl adjacent to an activating group) is 2. The maximum atomic E-state index is 3.37. The molecule has 2 heteroatoms. The highest BCUT2D eigenvalue weighted by atomic mass is 15.2. The van der Waals surface area contributed by atoms with Crippen LogP contribution in [0.4, 0.5) is 0 Å². The van der Waals surface area contributed by atoms with Gasteiger partial charge in [0.05, 0.1) is 0 Å². The van der Waals surface area contributed by atoms with Crippen LogP contribution in [-0.4, -0.2) is 37.6 Å². The van der Waals surface area contributed by atoms with Gasteiger partial charge in [-0.05, 0) is 13.6 Å². The van der Waals surface area contributed by atoms with E-state index in [4.69, 9.17) is 0 Å². The number of hydrogen-bond acceptors (Lipinski definition) is 2. The van der Waals surface area contributed by atoms with E-state index in [1.807, 2.05) is 0 Å². The Labute approximate surface area is 50.9 Å². The lowest BCUT2D eigenvalue weighted by atomic mass is 10.1. The normalized spacial score (nSPS) is 23.2. The lowest BCUT2D eigenvalue weighted by Crippen LogP contribution is -2.55. The van der Waals surface area contributed by atoms with E-state index in [0.29, 0.717) is 0 Å². The van der Waals surface area contributed by atoms with Crippen LogP contribution < -0.4 is 5.32 Å². The molecule has 0 aromatic heterocycles. The minimum absolute atomic E-state index is 0.782. The summed E-state index contributed by atoms with van der Waals surface area (Å²) in [6.45, 7) is 5.72. The molecule has 0 aromatic rings. The summed E-state index contributed by atoms with van der Waals surface area (Å²) >= 11 is 0. The number of hydrogen-bond donors (Lipinski definition) is 1. The molecular weight excluding hydrogens is 100 g/mol. The largest absolute Gasteiger partial charge is 0.312 e. The smallest absolute Gasteiger partial charge is 0.0322 e. The van der Waals surface area contributed by atoms with E-state index < -0.39 is 0 Å². The van der Waals surface area contributed by atoms with Crippen molar-refractivity contribution < 1.29 is 0 Å². The van der Waals surface area contributed by atoms with E-state index >= 15 is 0 Å². The number of nitrogens with zero attached hydrogens (tertiary/aromatic N) is 1. The summed E-state index contributed by atoms with van der Waals surface area (Å²) in [6.07, 6.45) is 0. The molecule has 48 valence electrons. The van der Waals surface area contributed by atoms with Crippen molar-refractivity contribution in [3.63, 3.8) is 0 Å². The molecule has 0 atom stereocenters. The zero-order chi connectivity index (χ0) is 5.98. The lowest BCUT2D eigenvalue weighted by Gasteiger charge is -2.36. The average Bonchev–Trinajstić information content (AvgIpc) is 1.64. The van der Waals surface area contributed by atoms with Crippen LogP contribution in [0.1, 0.15) is 6.92 Å². The molecule has 1 saturated heterocycles. The highest BCUT2D eigenvalue weighted by molar-refractivity contribution is 4.82. The van der Waals surface area contributed by atoms with Gasteiger partial charge in [-0.2, -0.15) is 0 Å². The summed E-state index contributed by atoms with van der Waals surface area (Å²) in [6, 6.07) is 0.782. The molecule has 0 bridgehead atoms. The molecule has 8 heavy (non-hydrogen) atoms. The van der Waals surface area contributed by atoms with Gasteiger partial charge in [0.1, 0.15) is 0 Å². The minimum atomic E-state index is 0.782. The molecular formula is C6H14N2. The molecule has 1 fully saturated rings. The molecule has 1 heterocycles. The molecule has 2 nitrogen and oxygen atoms in total. The maximum absolute atomic E-state index is 3.37. The Balaban J connectivity index is 1.98. The zero-order valence-electron chi connectivity index (χ0n) is 5.65. The van der Waals surface area contributed by atoms with Gasteiger partial charge < -0.3 is 10.2 Å². The van der Waals surface area contributed by atoms with Crippen molar-refractivity contribution in [2.45, 2.75) is 13.0 Å². The third-order valence-corrected chi connectivity index (χ3v) is 1.56. The summed E-state index contributed by atoms with van der Waals surface area (Å²) in [5, 5.41) is 3.37. The molecule has 0 amide bonds. The minimum Gasteiger partial charge on any atom is -0.312 e. The first-order chi connectivity index (χ1) is 3.83. The van der Waals surface area contributed by atoms with E-state index in [9.17, 15) is 0 Å². The van der Waals surface area contributed by atoms with Crippen LogP contribution in [0, 0.1) is 0 Å². The highest BCUT2D eigenvalue weighted by Crippen LogP contribution is 2.01. The Kier molecular flexibility index (Phi) is 1.86. The standard InChI is InChI=1S/C6H14N2/c1-3-7-6-4-8(2)5-6/h6-7H,3-5H2,1-2H3. The van der Waals surface area contributed by atoms with Crippen molar-refractivity contribution in [3.05, 3.63) is 0 Å². The summed E-state index contributed by atoms with van der Waals surface area (Å²) in [4.78, 5) is 2.31. The average molecular weight is 114 g/mol. The fraction of sp³-hybridized carbons (Fsp3) is 1.00. The van der Waals surface area contributed by atoms with Crippen LogP contribution in [0.2, 0.25) is 0 Å². The van der Waals surface area contributed by atoms with Gasteiger partial charge >= 0.3 is 0 Å². The molecule has 1 aliphatic heterocycles. The first kappa shape index (κ1) is 6.05. The van der Waals surface area contributed by atoms with Gasteiger partial charge in [-0.25, -0.2) is 0 Å². The Morgan fingerprint density at radius 1 is 1.62 bits per heavy atom. The van der Waals surface area contributed by atoms with Crippen molar-refractivity contribution in [2.75, 3.05) is 26.7 Å². The molecule has 0 spiro atoms. The molecule has 1 aliphatic rings. The molecule has 0 unspecified atom stereocenters. The van der Waals surface area contributed by atoms with E-state index in [1.54, 1.807) is 0 Å². The number of rotatable bonds is 2. The van der Waals surface area contributed by atoms with E-state index in [0.717, 1.165) is 12.6 Å². The Bertz CT molecular complexity index is 64.2. The SMILES string of the molecule is CCNC1CN(C)C1. The molecule has 0 aliphatic carbocycles. The van der Waals surface area contributed by atoms with Gasteiger partial charge in [0, 0.05) is 19.1 Å². The van der Waals surface area contributed by atoms with Gasteiger partial charge in [-0.1, -0.05) is 6.92 Å². The second kappa shape index (κ2) is 2.46. The Morgan fingerprint density at radius 2 is 2.25 bits per heavy atom. The first-order valence-electron chi connectivity index (χ1n) is 3.25. The maximum Gasteiger partial charge on any atom is 0.0322 e. The summed E-state index contributed by atoms with van der Waals surface area (Å²) in [7, 11) is 2.15. The first-order valence-corrected chi connectivity index (χ1v) is 3.25. The fourth-order valence-electron chi connectivity index (χ4n) is 1.12. The summed E-state index contributed by atoms with van der Waals surface area (Å²) in [5.41, 5.74) is 0. The van der Waals surface area contributed by atoms with Crippen LogP contribution in [0.5, 0.6) is 0 Å². The molecule has 1 N–H and O–H groups in total. The number of nitrogens with one attached hydrogen (secondary N) is 1. The Hall–Kier alpha value is -0.0800.